The van der Waals surface area contributed by atoms with Crippen molar-refractivity contribution in [1.82, 2.24) is 4.90 Å². The topological polar surface area (TPSA) is 86.7 Å². The van der Waals surface area contributed by atoms with Crippen molar-refractivity contribution in [3.05, 3.63) is 65.7 Å². The largest absolute Gasteiger partial charge is 0.481 e. The number of likely N-dealkylation sites (tertiary alicyclic amines) is 1. The number of benzene rings is 2. The molecule has 0 spiro atoms. The van der Waals surface area contributed by atoms with E-state index in [-0.39, 0.29) is 17.7 Å². The van der Waals surface area contributed by atoms with Crippen molar-refractivity contribution >= 4 is 23.5 Å². The van der Waals surface area contributed by atoms with Crippen molar-refractivity contribution < 1.29 is 19.5 Å². The highest BCUT2D eigenvalue weighted by atomic mass is 16.4. The third-order valence-corrected chi connectivity index (χ3v) is 4.94. The van der Waals surface area contributed by atoms with Crippen LogP contribution in [0.15, 0.2) is 54.6 Å². The molecule has 0 bridgehead atoms. The first kappa shape index (κ1) is 18.6. The van der Waals surface area contributed by atoms with E-state index in [9.17, 15) is 19.5 Å². The summed E-state index contributed by atoms with van der Waals surface area (Å²) in [4.78, 5) is 37.8. The summed E-state index contributed by atoms with van der Waals surface area (Å²) in [6.45, 7) is 2.71. The van der Waals surface area contributed by atoms with Gasteiger partial charge in [-0.05, 0) is 48.7 Å². The van der Waals surface area contributed by atoms with E-state index < -0.39 is 11.9 Å². The number of hydrogen-bond donors (Lipinski definition) is 2. The van der Waals surface area contributed by atoms with Gasteiger partial charge in [0.05, 0.1) is 5.92 Å². The fraction of sp³-hybridized carbons (Fsp3) is 0.286. The third kappa shape index (κ3) is 4.34. The SMILES string of the molecule is CC1CN(C(=O)c2ccc(C(=O)Nc3ccccc3)cc2)CCC1C(=O)O. The minimum atomic E-state index is -0.802. The minimum Gasteiger partial charge on any atom is -0.481 e. The molecular formula is C21H22N2O4. The number of anilines is 1. The van der Waals surface area contributed by atoms with Gasteiger partial charge in [0.1, 0.15) is 0 Å². The number of rotatable bonds is 4. The van der Waals surface area contributed by atoms with Crippen molar-refractivity contribution in [2.75, 3.05) is 18.4 Å². The van der Waals surface area contributed by atoms with Gasteiger partial charge < -0.3 is 15.3 Å². The Bertz CT molecular complexity index is 833. The van der Waals surface area contributed by atoms with E-state index in [1.807, 2.05) is 25.1 Å². The first-order valence-corrected chi connectivity index (χ1v) is 8.94. The fourth-order valence-electron chi connectivity index (χ4n) is 3.37. The number of nitrogens with zero attached hydrogens (tertiary/aromatic N) is 1. The highest BCUT2D eigenvalue weighted by Gasteiger charge is 2.33. The summed E-state index contributed by atoms with van der Waals surface area (Å²) in [5.41, 5.74) is 1.67. The van der Waals surface area contributed by atoms with Gasteiger partial charge in [-0.1, -0.05) is 25.1 Å². The van der Waals surface area contributed by atoms with Crippen LogP contribution in [-0.2, 0) is 4.79 Å². The van der Waals surface area contributed by atoms with Crippen molar-refractivity contribution in [3.8, 4) is 0 Å². The lowest BCUT2D eigenvalue weighted by Gasteiger charge is -2.35. The molecule has 2 N–H and O–H groups in total. The molecule has 2 aromatic carbocycles. The van der Waals surface area contributed by atoms with Crippen LogP contribution in [0.25, 0.3) is 0 Å². The van der Waals surface area contributed by atoms with Crippen LogP contribution in [0.1, 0.15) is 34.1 Å². The Balaban J connectivity index is 1.64. The normalized spacial score (nSPS) is 19.4. The molecule has 2 atom stereocenters. The Morgan fingerprint density at radius 1 is 1.00 bits per heavy atom. The van der Waals surface area contributed by atoms with Crippen LogP contribution in [0.3, 0.4) is 0 Å². The van der Waals surface area contributed by atoms with Crippen LogP contribution >= 0.6 is 0 Å². The van der Waals surface area contributed by atoms with Crippen LogP contribution in [0.4, 0.5) is 5.69 Å². The second-order valence-corrected chi connectivity index (χ2v) is 6.86. The predicted molar refractivity (Wildman–Crippen MR) is 102 cm³/mol. The minimum absolute atomic E-state index is 0.0869. The third-order valence-electron chi connectivity index (χ3n) is 4.94. The van der Waals surface area contributed by atoms with Gasteiger partial charge in [0.15, 0.2) is 0 Å². The van der Waals surface area contributed by atoms with E-state index in [0.717, 1.165) is 0 Å². The Morgan fingerprint density at radius 2 is 1.63 bits per heavy atom. The number of para-hydroxylation sites is 1. The maximum atomic E-state index is 12.7. The summed E-state index contributed by atoms with van der Waals surface area (Å²) < 4.78 is 0. The lowest BCUT2D eigenvalue weighted by atomic mass is 9.87. The molecule has 1 aliphatic rings. The van der Waals surface area contributed by atoms with Gasteiger partial charge in [-0.2, -0.15) is 0 Å². The molecule has 2 amide bonds. The number of carbonyl (C=O) groups excluding carboxylic acids is 2. The van der Waals surface area contributed by atoms with Crippen LogP contribution < -0.4 is 5.32 Å². The smallest absolute Gasteiger partial charge is 0.306 e. The van der Waals surface area contributed by atoms with Crippen molar-refractivity contribution in [2.45, 2.75) is 13.3 Å². The molecular weight excluding hydrogens is 344 g/mol. The zero-order valence-corrected chi connectivity index (χ0v) is 15.1. The van der Waals surface area contributed by atoms with Crippen LogP contribution in [0.5, 0.6) is 0 Å². The highest BCUT2D eigenvalue weighted by molar-refractivity contribution is 6.05. The van der Waals surface area contributed by atoms with Crippen LogP contribution in [-0.4, -0.2) is 40.9 Å². The van der Waals surface area contributed by atoms with Crippen LogP contribution in [0, 0.1) is 11.8 Å². The molecule has 1 fully saturated rings. The first-order valence-electron chi connectivity index (χ1n) is 8.94. The Hall–Kier alpha value is -3.15. The zero-order valence-electron chi connectivity index (χ0n) is 15.1. The fourth-order valence-corrected chi connectivity index (χ4v) is 3.37. The number of carboxylic acid groups (broad SMARTS) is 1. The zero-order chi connectivity index (χ0) is 19.4. The van der Waals surface area contributed by atoms with E-state index in [1.54, 1.807) is 41.3 Å². The van der Waals surface area contributed by atoms with E-state index in [2.05, 4.69) is 5.32 Å². The molecule has 0 aromatic heterocycles. The molecule has 0 saturated carbocycles. The van der Waals surface area contributed by atoms with Gasteiger partial charge in [0, 0.05) is 29.9 Å². The Kier molecular flexibility index (Phi) is 5.54. The molecule has 1 heterocycles. The monoisotopic (exact) mass is 366 g/mol. The average molecular weight is 366 g/mol. The van der Waals surface area contributed by atoms with Gasteiger partial charge in [-0.3, -0.25) is 14.4 Å². The molecule has 27 heavy (non-hydrogen) atoms. The maximum absolute atomic E-state index is 12.7. The second kappa shape index (κ2) is 8.03. The summed E-state index contributed by atoms with van der Waals surface area (Å²) in [6.07, 6.45) is 0.458. The summed E-state index contributed by atoms with van der Waals surface area (Å²) in [7, 11) is 0. The van der Waals surface area contributed by atoms with Crippen molar-refractivity contribution in [1.29, 1.82) is 0 Å². The molecule has 2 unspecified atom stereocenters. The molecule has 2 aromatic rings. The Morgan fingerprint density at radius 3 is 2.22 bits per heavy atom. The number of amides is 2. The number of carbonyl (C=O) groups is 3. The standard InChI is InChI=1S/C21H22N2O4/c1-14-13-23(12-11-18(14)21(26)27)20(25)16-9-7-15(8-10-16)19(24)22-17-5-3-2-4-6-17/h2-10,14,18H,11-13H2,1H3,(H,22,24)(H,26,27). The lowest BCUT2D eigenvalue weighted by Crippen LogP contribution is -2.45. The number of aliphatic carboxylic acids is 1. The number of nitrogens with one attached hydrogen (secondary N) is 1. The Labute approximate surface area is 157 Å². The van der Waals surface area contributed by atoms with E-state index >= 15 is 0 Å². The van der Waals surface area contributed by atoms with Gasteiger partial charge in [0.25, 0.3) is 11.8 Å². The summed E-state index contributed by atoms with van der Waals surface area (Å²) in [6, 6.07) is 15.7. The summed E-state index contributed by atoms with van der Waals surface area (Å²) in [5, 5.41) is 12.0. The molecule has 6 heteroatoms. The predicted octanol–water partition coefficient (Wildman–Crippen LogP) is 3.12. The number of piperidine rings is 1. The second-order valence-electron chi connectivity index (χ2n) is 6.86. The number of hydrogen-bond acceptors (Lipinski definition) is 3. The first-order chi connectivity index (χ1) is 13.0. The summed E-state index contributed by atoms with van der Waals surface area (Å²) in [5.74, 6) is -1.67. The van der Waals surface area contributed by atoms with E-state index in [4.69, 9.17) is 0 Å². The van der Waals surface area contributed by atoms with Crippen molar-refractivity contribution in [2.24, 2.45) is 11.8 Å². The van der Waals surface area contributed by atoms with Gasteiger partial charge in [-0.25, -0.2) is 0 Å². The number of carboxylic acids is 1. The van der Waals surface area contributed by atoms with Gasteiger partial charge in [0.2, 0.25) is 0 Å². The average Bonchev–Trinajstić information content (AvgIpc) is 2.68. The lowest BCUT2D eigenvalue weighted by molar-refractivity contribution is -0.145. The quantitative estimate of drug-likeness (QED) is 0.870. The van der Waals surface area contributed by atoms with Gasteiger partial charge >= 0.3 is 5.97 Å². The molecule has 1 saturated heterocycles. The van der Waals surface area contributed by atoms with Gasteiger partial charge in [-0.15, -0.1) is 0 Å². The highest BCUT2D eigenvalue weighted by Crippen LogP contribution is 2.24. The summed E-state index contributed by atoms with van der Waals surface area (Å²) >= 11 is 0. The molecule has 0 aliphatic carbocycles. The molecule has 1 aliphatic heterocycles. The van der Waals surface area contributed by atoms with E-state index in [0.29, 0.717) is 36.3 Å². The molecule has 0 radical (unpaired) electrons. The van der Waals surface area contributed by atoms with E-state index in [1.165, 1.54) is 0 Å². The maximum Gasteiger partial charge on any atom is 0.306 e. The van der Waals surface area contributed by atoms with Crippen LogP contribution in [0.2, 0.25) is 0 Å². The molecule has 140 valence electrons. The van der Waals surface area contributed by atoms with Crippen molar-refractivity contribution in [3.63, 3.8) is 0 Å². The molecule has 6 nitrogen and oxygen atoms in total. The molecule has 3 rings (SSSR count).